The van der Waals surface area contributed by atoms with E-state index in [-0.39, 0.29) is 18.1 Å². The first-order valence-corrected chi connectivity index (χ1v) is 7.60. The van der Waals surface area contributed by atoms with Gasteiger partial charge in [-0.2, -0.15) is 0 Å². The molecule has 0 aliphatic rings. The fourth-order valence-corrected chi connectivity index (χ4v) is 2.60. The zero-order valence-corrected chi connectivity index (χ0v) is 12.9. The molecule has 0 saturated carbocycles. The van der Waals surface area contributed by atoms with Crippen LogP contribution >= 0.6 is 0 Å². The molecule has 0 aliphatic carbocycles. The number of benzene rings is 2. The lowest BCUT2D eigenvalue weighted by molar-refractivity contribution is -0.120. The minimum absolute atomic E-state index is 0.0651. The maximum Gasteiger partial charge on any atom is 0.224 e. The van der Waals surface area contributed by atoms with Crippen LogP contribution in [0.3, 0.4) is 0 Å². The molecule has 118 valence electrons. The van der Waals surface area contributed by atoms with Crippen LogP contribution in [-0.2, 0) is 17.6 Å². The lowest BCUT2D eigenvalue weighted by Crippen LogP contribution is -2.27. The van der Waals surface area contributed by atoms with Gasteiger partial charge in [-0.1, -0.05) is 24.3 Å². The smallest absolute Gasteiger partial charge is 0.224 e. The first kappa shape index (κ1) is 15.3. The largest absolute Gasteiger partial charge is 0.464 e. The van der Waals surface area contributed by atoms with E-state index in [4.69, 9.17) is 4.42 Å². The standard InChI is InChI=1S/C19H18FNO2/c1-13-5-6-17-15(12-23-18(17)9-13)11-19(22)21-8-7-14-3-2-4-16(20)10-14/h2-6,9-10,12H,7-8,11H2,1H3,(H,21,22). The SMILES string of the molecule is Cc1ccc2c(CC(=O)NCCc3cccc(F)c3)coc2c1. The van der Waals surface area contributed by atoms with Crippen molar-refractivity contribution in [1.82, 2.24) is 5.32 Å². The van der Waals surface area contributed by atoms with Crippen LogP contribution in [0, 0.1) is 12.7 Å². The third-order valence-corrected chi connectivity index (χ3v) is 3.79. The molecule has 4 heteroatoms. The molecule has 3 rings (SSSR count). The van der Waals surface area contributed by atoms with Crippen LogP contribution in [0.5, 0.6) is 0 Å². The summed E-state index contributed by atoms with van der Waals surface area (Å²) in [7, 11) is 0. The van der Waals surface area contributed by atoms with Gasteiger partial charge in [-0.15, -0.1) is 0 Å². The summed E-state index contributed by atoms with van der Waals surface area (Å²) in [5.41, 5.74) is 3.67. The van der Waals surface area contributed by atoms with Crippen LogP contribution in [-0.4, -0.2) is 12.5 Å². The van der Waals surface area contributed by atoms with E-state index in [9.17, 15) is 9.18 Å². The highest BCUT2D eigenvalue weighted by molar-refractivity contribution is 5.87. The van der Waals surface area contributed by atoms with E-state index >= 15 is 0 Å². The number of nitrogens with one attached hydrogen (secondary N) is 1. The zero-order valence-electron chi connectivity index (χ0n) is 12.9. The molecule has 1 heterocycles. The Kier molecular flexibility index (Phi) is 4.42. The molecule has 0 spiro atoms. The Morgan fingerprint density at radius 2 is 2.09 bits per heavy atom. The first-order valence-electron chi connectivity index (χ1n) is 7.60. The summed E-state index contributed by atoms with van der Waals surface area (Å²) in [6, 6.07) is 12.4. The van der Waals surface area contributed by atoms with Gasteiger partial charge in [0.15, 0.2) is 0 Å². The maximum absolute atomic E-state index is 13.1. The predicted octanol–water partition coefficient (Wildman–Crippen LogP) is 3.78. The summed E-state index contributed by atoms with van der Waals surface area (Å²) in [4.78, 5) is 12.1. The van der Waals surface area contributed by atoms with E-state index in [1.807, 2.05) is 31.2 Å². The Bertz CT molecular complexity index is 838. The zero-order chi connectivity index (χ0) is 16.2. The molecule has 0 bridgehead atoms. The summed E-state index contributed by atoms with van der Waals surface area (Å²) >= 11 is 0. The van der Waals surface area contributed by atoms with Crippen molar-refractivity contribution >= 4 is 16.9 Å². The number of aryl methyl sites for hydroxylation is 1. The monoisotopic (exact) mass is 311 g/mol. The third kappa shape index (κ3) is 3.77. The molecule has 2 aromatic carbocycles. The van der Waals surface area contributed by atoms with Crippen molar-refractivity contribution < 1.29 is 13.6 Å². The van der Waals surface area contributed by atoms with Crippen molar-refractivity contribution in [2.24, 2.45) is 0 Å². The van der Waals surface area contributed by atoms with Gasteiger partial charge in [0, 0.05) is 17.5 Å². The van der Waals surface area contributed by atoms with Gasteiger partial charge in [-0.05, 0) is 42.7 Å². The highest BCUT2D eigenvalue weighted by atomic mass is 19.1. The molecule has 1 aromatic heterocycles. The van der Waals surface area contributed by atoms with E-state index in [1.54, 1.807) is 12.3 Å². The van der Waals surface area contributed by atoms with Gasteiger partial charge < -0.3 is 9.73 Å². The minimum Gasteiger partial charge on any atom is -0.464 e. The minimum atomic E-state index is -0.256. The Labute approximate surface area is 134 Å². The van der Waals surface area contributed by atoms with Crippen LogP contribution in [0.4, 0.5) is 4.39 Å². The molecular formula is C19H18FNO2. The molecule has 0 aliphatic heterocycles. The number of carbonyl (C=O) groups excluding carboxylic acids is 1. The van der Waals surface area contributed by atoms with Crippen molar-refractivity contribution in [3.05, 3.63) is 71.2 Å². The molecule has 3 aromatic rings. The Morgan fingerprint density at radius 3 is 2.91 bits per heavy atom. The van der Waals surface area contributed by atoms with Crippen LogP contribution in [0.15, 0.2) is 53.1 Å². The van der Waals surface area contributed by atoms with E-state index in [0.29, 0.717) is 13.0 Å². The van der Waals surface area contributed by atoms with Gasteiger partial charge in [-0.3, -0.25) is 4.79 Å². The van der Waals surface area contributed by atoms with E-state index in [0.717, 1.165) is 27.7 Å². The van der Waals surface area contributed by atoms with Crippen molar-refractivity contribution in [2.75, 3.05) is 6.54 Å². The first-order chi connectivity index (χ1) is 11.1. The summed E-state index contributed by atoms with van der Waals surface area (Å²) in [6.07, 6.45) is 2.52. The molecule has 1 amide bonds. The fourth-order valence-electron chi connectivity index (χ4n) is 2.60. The molecule has 0 atom stereocenters. The summed E-state index contributed by atoms with van der Waals surface area (Å²) in [6.45, 7) is 2.48. The average molecular weight is 311 g/mol. The summed E-state index contributed by atoms with van der Waals surface area (Å²) < 4.78 is 18.6. The fraction of sp³-hybridized carbons (Fsp3) is 0.211. The van der Waals surface area contributed by atoms with Gasteiger partial charge in [0.2, 0.25) is 5.91 Å². The lowest BCUT2D eigenvalue weighted by atomic mass is 10.1. The van der Waals surface area contributed by atoms with Gasteiger partial charge in [-0.25, -0.2) is 4.39 Å². The highest BCUT2D eigenvalue weighted by Gasteiger charge is 2.10. The normalized spacial score (nSPS) is 10.9. The Hall–Kier alpha value is -2.62. The number of fused-ring (bicyclic) bond motifs is 1. The molecule has 0 saturated heterocycles. The number of hydrogen-bond acceptors (Lipinski definition) is 2. The Morgan fingerprint density at radius 1 is 1.22 bits per heavy atom. The molecule has 3 nitrogen and oxygen atoms in total. The van der Waals surface area contributed by atoms with E-state index < -0.39 is 0 Å². The van der Waals surface area contributed by atoms with E-state index in [2.05, 4.69) is 5.32 Å². The van der Waals surface area contributed by atoms with Crippen LogP contribution in [0.25, 0.3) is 11.0 Å². The third-order valence-electron chi connectivity index (χ3n) is 3.79. The molecular weight excluding hydrogens is 293 g/mol. The summed E-state index contributed by atoms with van der Waals surface area (Å²) in [5, 5.41) is 3.83. The second kappa shape index (κ2) is 6.65. The number of carbonyl (C=O) groups is 1. The van der Waals surface area contributed by atoms with Crippen molar-refractivity contribution in [2.45, 2.75) is 19.8 Å². The quantitative estimate of drug-likeness (QED) is 0.779. The number of amides is 1. The second-order valence-electron chi connectivity index (χ2n) is 5.67. The topological polar surface area (TPSA) is 42.2 Å². The maximum atomic E-state index is 13.1. The van der Waals surface area contributed by atoms with Crippen molar-refractivity contribution in [3.8, 4) is 0 Å². The van der Waals surface area contributed by atoms with Gasteiger partial charge in [0.1, 0.15) is 11.4 Å². The van der Waals surface area contributed by atoms with Gasteiger partial charge in [0.25, 0.3) is 0 Å². The van der Waals surface area contributed by atoms with Gasteiger partial charge >= 0.3 is 0 Å². The molecule has 0 fully saturated rings. The lowest BCUT2D eigenvalue weighted by Gasteiger charge is -2.05. The van der Waals surface area contributed by atoms with Crippen LogP contribution < -0.4 is 5.32 Å². The number of hydrogen-bond donors (Lipinski definition) is 1. The molecule has 0 unspecified atom stereocenters. The van der Waals surface area contributed by atoms with Crippen molar-refractivity contribution in [3.63, 3.8) is 0 Å². The number of halogens is 1. The number of furan rings is 1. The highest BCUT2D eigenvalue weighted by Crippen LogP contribution is 2.22. The molecule has 1 N–H and O–H groups in total. The van der Waals surface area contributed by atoms with Crippen molar-refractivity contribution in [1.29, 1.82) is 0 Å². The summed E-state index contributed by atoms with van der Waals surface area (Å²) in [5.74, 6) is -0.321. The molecule has 0 radical (unpaired) electrons. The molecule has 23 heavy (non-hydrogen) atoms. The van der Waals surface area contributed by atoms with Crippen LogP contribution in [0.1, 0.15) is 16.7 Å². The number of rotatable bonds is 5. The van der Waals surface area contributed by atoms with Gasteiger partial charge in [0.05, 0.1) is 12.7 Å². The predicted molar refractivity (Wildman–Crippen MR) is 87.8 cm³/mol. The average Bonchev–Trinajstić information content (AvgIpc) is 2.89. The Balaban J connectivity index is 1.56. The second-order valence-corrected chi connectivity index (χ2v) is 5.67. The van der Waals surface area contributed by atoms with E-state index in [1.165, 1.54) is 12.1 Å². The van der Waals surface area contributed by atoms with Crippen LogP contribution in [0.2, 0.25) is 0 Å².